The molecule has 1 spiro atoms. The Labute approximate surface area is 120 Å². The number of ether oxygens (including phenoxy) is 1. The van der Waals surface area contributed by atoms with Crippen molar-refractivity contribution < 1.29 is 9.13 Å². The molecular formula is C17H24FNO. The number of nitrogens with two attached hydrogens (primary N) is 1. The fourth-order valence-corrected chi connectivity index (χ4v) is 3.89. The first-order valence-corrected chi connectivity index (χ1v) is 7.75. The SMILES string of the molecule is Cc1cc(C(N)C2CCOC3(CCCC3)C2)ccc1F. The van der Waals surface area contributed by atoms with Crippen molar-refractivity contribution in [2.75, 3.05) is 6.61 Å². The minimum atomic E-state index is -0.153. The van der Waals surface area contributed by atoms with Gasteiger partial charge in [0.25, 0.3) is 0 Å². The summed E-state index contributed by atoms with van der Waals surface area (Å²) in [5, 5.41) is 0. The van der Waals surface area contributed by atoms with Crippen molar-refractivity contribution in [2.45, 2.75) is 57.1 Å². The van der Waals surface area contributed by atoms with Crippen LogP contribution in [0.3, 0.4) is 0 Å². The maximum Gasteiger partial charge on any atom is 0.126 e. The number of hydrogen-bond donors (Lipinski definition) is 1. The Balaban J connectivity index is 1.75. The minimum Gasteiger partial charge on any atom is -0.375 e. The molecule has 3 heteroatoms. The highest BCUT2D eigenvalue weighted by atomic mass is 19.1. The van der Waals surface area contributed by atoms with E-state index in [2.05, 4.69) is 0 Å². The largest absolute Gasteiger partial charge is 0.375 e. The lowest BCUT2D eigenvalue weighted by atomic mass is 9.79. The number of hydrogen-bond acceptors (Lipinski definition) is 2. The van der Waals surface area contributed by atoms with Crippen LogP contribution in [0.1, 0.15) is 55.7 Å². The van der Waals surface area contributed by atoms with Gasteiger partial charge in [0.1, 0.15) is 5.82 Å². The van der Waals surface area contributed by atoms with Crippen LogP contribution < -0.4 is 5.73 Å². The van der Waals surface area contributed by atoms with Gasteiger partial charge in [0, 0.05) is 12.6 Å². The van der Waals surface area contributed by atoms with E-state index < -0.39 is 0 Å². The fourth-order valence-electron chi connectivity index (χ4n) is 3.89. The summed E-state index contributed by atoms with van der Waals surface area (Å²) in [5.74, 6) is 0.298. The quantitative estimate of drug-likeness (QED) is 0.890. The standard InChI is InChI=1S/C17H24FNO/c1-12-10-13(4-5-15(12)18)16(19)14-6-9-20-17(11-14)7-2-3-8-17/h4-5,10,14,16H,2-3,6-9,11,19H2,1H3. The molecule has 1 aromatic rings. The molecule has 1 aromatic carbocycles. The van der Waals surface area contributed by atoms with E-state index in [4.69, 9.17) is 10.5 Å². The summed E-state index contributed by atoms with van der Waals surface area (Å²) in [7, 11) is 0. The second-order valence-corrected chi connectivity index (χ2v) is 6.53. The molecule has 1 aliphatic heterocycles. The summed E-state index contributed by atoms with van der Waals surface area (Å²) in [6.45, 7) is 2.62. The van der Waals surface area contributed by atoms with Crippen molar-refractivity contribution in [3.8, 4) is 0 Å². The molecule has 0 aromatic heterocycles. The van der Waals surface area contributed by atoms with E-state index in [1.165, 1.54) is 31.7 Å². The summed E-state index contributed by atoms with van der Waals surface area (Å²) in [4.78, 5) is 0. The summed E-state index contributed by atoms with van der Waals surface area (Å²) < 4.78 is 19.5. The fraction of sp³-hybridized carbons (Fsp3) is 0.647. The highest BCUT2D eigenvalue weighted by Crippen LogP contribution is 2.44. The van der Waals surface area contributed by atoms with E-state index in [1.54, 1.807) is 6.92 Å². The number of rotatable bonds is 2. The molecule has 1 saturated heterocycles. The summed E-state index contributed by atoms with van der Waals surface area (Å²) in [6.07, 6.45) is 6.98. The van der Waals surface area contributed by atoms with Crippen molar-refractivity contribution in [1.82, 2.24) is 0 Å². The number of halogens is 1. The Bertz CT molecular complexity index is 482. The third kappa shape index (κ3) is 2.61. The van der Waals surface area contributed by atoms with Crippen LogP contribution in [0.5, 0.6) is 0 Å². The van der Waals surface area contributed by atoms with Crippen molar-refractivity contribution in [3.63, 3.8) is 0 Å². The molecule has 2 nitrogen and oxygen atoms in total. The van der Waals surface area contributed by atoms with Gasteiger partial charge in [0.2, 0.25) is 0 Å². The maximum absolute atomic E-state index is 13.4. The zero-order chi connectivity index (χ0) is 14.2. The molecule has 1 saturated carbocycles. The van der Waals surface area contributed by atoms with Gasteiger partial charge in [0.05, 0.1) is 5.60 Å². The highest BCUT2D eigenvalue weighted by Gasteiger charge is 2.41. The van der Waals surface area contributed by atoms with E-state index in [1.807, 2.05) is 12.1 Å². The molecule has 2 unspecified atom stereocenters. The second-order valence-electron chi connectivity index (χ2n) is 6.53. The predicted molar refractivity (Wildman–Crippen MR) is 77.9 cm³/mol. The van der Waals surface area contributed by atoms with Gasteiger partial charge in [-0.15, -0.1) is 0 Å². The monoisotopic (exact) mass is 277 g/mol. The van der Waals surface area contributed by atoms with Gasteiger partial charge in [-0.25, -0.2) is 4.39 Å². The van der Waals surface area contributed by atoms with E-state index in [0.717, 1.165) is 25.0 Å². The number of aryl methyl sites for hydroxylation is 1. The van der Waals surface area contributed by atoms with Gasteiger partial charge in [-0.05, 0) is 55.7 Å². The van der Waals surface area contributed by atoms with Crippen LogP contribution >= 0.6 is 0 Å². The van der Waals surface area contributed by atoms with Crippen molar-refractivity contribution >= 4 is 0 Å². The van der Waals surface area contributed by atoms with Gasteiger partial charge in [-0.1, -0.05) is 25.0 Å². The van der Waals surface area contributed by atoms with E-state index in [0.29, 0.717) is 11.5 Å². The van der Waals surface area contributed by atoms with Crippen LogP contribution in [-0.4, -0.2) is 12.2 Å². The molecule has 2 N–H and O–H groups in total. The van der Waals surface area contributed by atoms with Crippen LogP contribution in [0.2, 0.25) is 0 Å². The van der Waals surface area contributed by atoms with Crippen LogP contribution in [-0.2, 0) is 4.74 Å². The van der Waals surface area contributed by atoms with Gasteiger partial charge >= 0.3 is 0 Å². The molecule has 20 heavy (non-hydrogen) atoms. The number of benzene rings is 1. The summed E-state index contributed by atoms with van der Waals surface area (Å²) in [5.41, 5.74) is 8.29. The zero-order valence-electron chi connectivity index (χ0n) is 12.2. The molecule has 2 fully saturated rings. The molecule has 0 amide bonds. The van der Waals surface area contributed by atoms with Gasteiger partial charge in [0.15, 0.2) is 0 Å². The second kappa shape index (κ2) is 5.45. The zero-order valence-corrected chi connectivity index (χ0v) is 12.2. The minimum absolute atomic E-state index is 0.00400. The van der Waals surface area contributed by atoms with Crippen LogP contribution in [0.15, 0.2) is 18.2 Å². The van der Waals surface area contributed by atoms with E-state index >= 15 is 0 Å². The summed E-state index contributed by atoms with van der Waals surface area (Å²) >= 11 is 0. The molecule has 2 aliphatic rings. The topological polar surface area (TPSA) is 35.2 Å². The molecule has 1 aliphatic carbocycles. The first-order chi connectivity index (χ1) is 9.60. The molecule has 0 bridgehead atoms. The first kappa shape index (κ1) is 14.0. The lowest BCUT2D eigenvalue weighted by molar-refractivity contribution is -0.0963. The Kier molecular flexibility index (Phi) is 3.83. The highest BCUT2D eigenvalue weighted by molar-refractivity contribution is 5.27. The Morgan fingerprint density at radius 1 is 1.35 bits per heavy atom. The third-order valence-electron chi connectivity index (χ3n) is 5.12. The van der Waals surface area contributed by atoms with Gasteiger partial charge in [-0.2, -0.15) is 0 Å². The average molecular weight is 277 g/mol. The van der Waals surface area contributed by atoms with Crippen molar-refractivity contribution in [2.24, 2.45) is 11.7 Å². The van der Waals surface area contributed by atoms with Crippen LogP contribution in [0, 0.1) is 18.7 Å². The third-order valence-corrected chi connectivity index (χ3v) is 5.12. The smallest absolute Gasteiger partial charge is 0.126 e. The maximum atomic E-state index is 13.4. The van der Waals surface area contributed by atoms with Crippen molar-refractivity contribution in [1.29, 1.82) is 0 Å². The Morgan fingerprint density at radius 3 is 2.80 bits per heavy atom. The van der Waals surface area contributed by atoms with E-state index in [-0.39, 0.29) is 17.5 Å². The van der Waals surface area contributed by atoms with Crippen LogP contribution in [0.25, 0.3) is 0 Å². The van der Waals surface area contributed by atoms with Gasteiger partial charge in [-0.3, -0.25) is 0 Å². The van der Waals surface area contributed by atoms with Crippen LogP contribution in [0.4, 0.5) is 4.39 Å². The molecule has 0 radical (unpaired) electrons. The van der Waals surface area contributed by atoms with Crippen molar-refractivity contribution in [3.05, 3.63) is 35.1 Å². The van der Waals surface area contributed by atoms with E-state index in [9.17, 15) is 4.39 Å². The molecule has 2 atom stereocenters. The lowest BCUT2D eigenvalue weighted by Gasteiger charge is -2.40. The molecular weight excluding hydrogens is 253 g/mol. The lowest BCUT2D eigenvalue weighted by Crippen LogP contribution is -2.40. The first-order valence-electron chi connectivity index (χ1n) is 7.75. The molecule has 110 valence electrons. The van der Waals surface area contributed by atoms with Gasteiger partial charge < -0.3 is 10.5 Å². The Morgan fingerprint density at radius 2 is 2.10 bits per heavy atom. The normalized spacial score (nSPS) is 26.9. The molecule has 1 heterocycles. The Hall–Kier alpha value is -0.930. The average Bonchev–Trinajstić information content (AvgIpc) is 2.89. The predicted octanol–water partition coefficient (Wildman–Crippen LogP) is 3.87. The summed E-state index contributed by atoms with van der Waals surface area (Å²) in [6, 6.07) is 5.27. The molecule has 3 rings (SSSR count).